The summed E-state index contributed by atoms with van der Waals surface area (Å²) >= 11 is 3.65. The minimum Gasteiger partial charge on any atom is -0.377 e. The molecule has 0 amide bonds. The van der Waals surface area contributed by atoms with E-state index in [0.29, 0.717) is 12.0 Å². The summed E-state index contributed by atoms with van der Waals surface area (Å²) < 4.78 is 6.92. The molecule has 0 atom stereocenters. The van der Waals surface area contributed by atoms with E-state index in [1.54, 1.807) is 0 Å². The topological polar surface area (TPSA) is 21.3 Å². The molecule has 1 N–H and O–H groups in total. The number of rotatable bonds is 6. The molecule has 3 heteroatoms. The van der Waals surface area contributed by atoms with Crippen LogP contribution in [0.2, 0.25) is 0 Å². The standard InChI is InChI=1S/C18H30BrNO/c1-17(2,3)9-10-21-13-15-8-7-14(11-16(15)19)12-20-18(4,5)6/h7-8,11,20H,9-10,12-13H2,1-6H3. The van der Waals surface area contributed by atoms with Gasteiger partial charge in [0.25, 0.3) is 0 Å². The quantitative estimate of drug-likeness (QED) is 0.699. The average Bonchev–Trinajstić information content (AvgIpc) is 2.32. The van der Waals surface area contributed by atoms with Crippen LogP contribution in [0.1, 0.15) is 59.1 Å². The fourth-order valence-corrected chi connectivity index (χ4v) is 2.29. The van der Waals surface area contributed by atoms with E-state index < -0.39 is 0 Å². The second-order valence-electron chi connectivity index (χ2n) is 7.89. The van der Waals surface area contributed by atoms with Crippen molar-refractivity contribution in [2.75, 3.05) is 6.61 Å². The second kappa shape index (κ2) is 7.75. The first-order valence-electron chi connectivity index (χ1n) is 7.67. The SMILES string of the molecule is CC(C)(C)CCOCc1ccc(CNC(C)(C)C)cc1Br. The largest absolute Gasteiger partial charge is 0.377 e. The van der Waals surface area contributed by atoms with Crippen molar-refractivity contribution in [1.29, 1.82) is 0 Å². The molecular weight excluding hydrogens is 326 g/mol. The number of nitrogens with one attached hydrogen (secondary N) is 1. The first-order valence-corrected chi connectivity index (χ1v) is 8.46. The minimum atomic E-state index is 0.140. The van der Waals surface area contributed by atoms with Gasteiger partial charge in [0.1, 0.15) is 0 Å². The molecule has 0 radical (unpaired) electrons. The molecule has 0 unspecified atom stereocenters. The first-order chi connectivity index (χ1) is 9.57. The Morgan fingerprint density at radius 2 is 1.76 bits per heavy atom. The van der Waals surface area contributed by atoms with Crippen molar-refractivity contribution in [3.05, 3.63) is 33.8 Å². The monoisotopic (exact) mass is 355 g/mol. The summed E-state index contributed by atoms with van der Waals surface area (Å²) in [6.07, 6.45) is 1.08. The third kappa shape index (κ3) is 8.60. The number of halogens is 1. The number of hydrogen-bond donors (Lipinski definition) is 1. The lowest BCUT2D eigenvalue weighted by atomic mass is 9.93. The van der Waals surface area contributed by atoms with E-state index in [1.807, 2.05) is 0 Å². The fourth-order valence-electron chi connectivity index (χ4n) is 1.75. The third-order valence-electron chi connectivity index (χ3n) is 3.19. The molecule has 120 valence electrons. The Morgan fingerprint density at radius 3 is 2.29 bits per heavy atom. The molecule has 1 aromatic rings. The van der Waals surface area contributed by atoms with Crippen molar-refractivity contribution in [2.24, 2.45) is 5.41 Å². The molecule has 0 aliphatic rings. The molecule has 1 aromatic carbocycles. The highest BCUT2D eigenvalue weighted by Crippen LogP contribution is 2.22. The summed E-state index contributed by atoms with van der Waals surface area (Å²) in [5, 5.41) is 3.50. The summed E-state index contributed by atoms with van der Waals surface area (Å²) in [5.41, 5.74) is 2.97. The van der Waals surface area contributed by atoms with Crippen molar-refractivity contribution in [3.63, 3.8) is 0 Å². The molecule has 1 rings (SSSR count). The van der Waals surface area contributed by atoms with Gasteiger partial charge in [-0.05, 0) is 49.8 Å². The molecule has 0 spiro atoms. The maximum Gasteiger partial charge on any atom is 0.0727 e. The average molecular weight is 356 g/mol. The van der Waals surface area contributed by atoms with E-state index in [1.165, 1.54) is 11.1 Å². The van der Waals surface area contributed by atoms with Crippen LogP contribution in [0.25, 0.3) is 0 Å². The van der Waals surface area contributed by atoms with E-state index in [4.69, 9.17) is 4.74 Å². The normalized spacial score (nSPS) is 12.7. The number of benzene rings is 1. The van der Waals surface area contributed by atoms with E-state index in [-0.39, 0.29) is 5.54 Å². The van der Waals surface area contributed by atoms with Crippen molar-refractivity contribution >= 4 is 15.9 Å². The highest BCUT2D eigenvalue weighted by molar-refractivity contribution is 9.10. The molecule has 0 aromatic heterocycles. The number of ether oxygens (including phenoxy) is 1. The van der Waals surface area contributed by atoms with Gasteiger partial charge in [-0.3, -0.25) is 0 Å². The van der Waals surface area contributed by atoms with Gasteiger partial charge in [-0.15, -0.1) is 0 Å². The zero-order chi connectivity index (χ0) is 16.1. The molecule has 0 fully saturated rings. The molecule has 0 heterocycles. The van der Waals surface area contributed by atoms with Crippen molar-refractivity contribution < 1.29 is 4.74 Å². The Morgan fingerprint density at radius 1 is 1.10 bits per heavy atom. The Hall–Kier alpha value is -0.380. The highest BCUT2D eigenvalue weighted by atomic mass is 79.9. The van der Waals surface area contributed by atoms with Crippen molar-refractivity contribution in [3.8, 4) is 0 Å². The third-order valence-corrected chi connectivity index (χ3v) is 3.93. The summed E-state index contributed by atoms with van der Waals surface area (Å²) in [5.74, 6) is 0. The van der Waals surface area contributed by atoms with Gasteiger partial charge in [-0.1, -0.05) is 48.8 Å². The molecule has 2 nitrogen and oxygen atoms in total. The van der Waals surface area contributed by atoms with Crippen LogP contribution in [-0.2, 0) is 17.9 Å². The lowest BCUT2D eigenvalue weighted by Crippen LogP contribution is -2.35. The van der Waals surface area contributed by atoms with Crippen LogP contribution < -0.4 is 5.32 Å². The zero-order valence-corrected chi connectivity index (χ0v) is 15.9. The Bertz CT molecular complexity index is 444. The molecule has 0 saturated carbocycles. The fraction of sp³-hybridized carbons (Fsp3) is 0.667. The highest BCUT2D eigenvalue weighted by Gasteiger charge is 2.11. The van der Waals surface area contributed by atoms with Crippen LogP contribution in [0.3, 0.4) is 0 Å². The smallest absolute Gasteiger partial charge is 0.0727 e. The van der Waals surface area contributed by atoms with Gasteiger partial charge >= 0.3 is 0 Å². The van der Waals surface area contributed by atoms with E-state index in [9.17, 15) is 0 Å². The van der Waals surface area contributed by atoms with E-state index in [0.717, 1.165) is 24.0 Å². The maximum absolute atomic E-state index is 5.79. The maximum atomic E-state index is 5.79. The van der Waals surface area contributed by atoms with Gasteiger partial charge in [0.05, 0.1) is 6.61 Å². The Balaban J connectivity index is 2.47. The molecule has 0 aliphatic heterocycles. The molecule has 0 saturated heterocycles. The first kappa shape index (κ1) is 18.7. The molecule has 0 aliphatic carbocycles. The predicted molar refractivity (Wildman–Crippen MR) is 94.5 cm³/mol. The molecule has 21 heavy (non-hydrogen) atoms. The van der Waals surface area contributed by atoms with Crippen LogP contribution in [0.4, 0.5) is 0 Å². The summed E-state index contributed by atoms with van der Waals surface area (Å²) in [4.78, 5) is 0. The van der Waals surface area contributed by atoms with Crippen LogP contribution in [0.5, 0.6) is 0 Å². The predicted octanol–water partition coefficient (Wildman–Crippen LogP) is 5.29. The van der Waals surface area contributed by atoms with Crippen LogP contribution in [0, 0.1) is 5.41 Å². The molecule has 0 bridgehead atoms. The van der Waals surface area contributed by atoms with Crippen LogP contribution >= 0.6 is 15.9 Å². The second-order valence-corrected chi connectivity index (χ2v) is 8.75. The van der Waals surface area contributed by atoms with E-state index in [2.05, 4.69) is 81.0 Å². The van der Waals surface area contributed by atoms with Crippen molar-refractivity contribution in [2.45, 2.75) is 66.7 Å². The summed E-state index contributed by atoms with van der Waals surface area (Å²) in [6, 6.07) is 6.51. The zero-order valence-electron chi connectivity index (χ0n) is 14.3. The Labute approximate surface area is 138 Å². The van der Waals surface area contributed by atoms with Crippen LogP contribution in [0.15, 0.2) is 22.7 Å². The van der Waals surface area contributed by atoms with Gasteiger partial charge in [0.15, 0.2) is 0 Å². The lowest BCUT2D eigenvalue weighted by molar-refractivity contribution is 0.0959. The van der Waals surface area contributed by atoms with Crippen LogP contribution in [-0.4, -0.2) is 12.1 Å². The van der Waals surface area contributed by atoms with Gasteiger partial charge in [0, 0.05) is 23.2 Å². The minimum absolute atomic E-state index is 0.140. The number of hydrogen-bond acceptors (Lipinski definition) is 2. The van der Waals surface area contributed by atoms with Gasteiger partial charge in [-0.25, -0.2) is 0 Å². The molecular formula is C18H30BrNO. The summed E-state index contributed by atoms with van der Waals surface area (Å²) in [7, 11) is 0. The van der Waals surface area contributed by atoms with E-state index >= 15 is 0 Å². The van der Waals surface area contributed by atoms with Gasteiger partial charge < -0.3 is 10.1 Å². The van der Waals surface area contributed by atoms with Gasteiger partial charge in [-0.2, -0.15) is 0 Å². The van der Waals surface area contributed by atoms with Gasteiger partial charge in [0.2, 0.25) is 0 Å². The lowest BCUT2D eigenvalue weighted by Gasteiger charge is -2.21. The Kier molecular flexibility index (Phi) is 6.89. The summed E-state index contributed by atoms with van der Waals surface area (Å²) in [6.45, 7) is 15.6. The van der Waals surface area contributed by atoms with Crippen molar-refractivity contribution in [1.82, 2.24) is 5.32 Å².